The van der Waals surface area contributed by atoms with Crippen LogP contribution in [0, 0.1) is 0 Å². The lowest BCUT2D eigenvalue weighted by Crippen LogP contribution is -2.01. The van der Waals surface area contributed by atoms with E-state index >= 15 is 0 Å². The molecular formula is C24H23BrClNO3. The molecule has 0 aliphatic carbocycles. The summed E-state index contributed by atoms with van der Waals surface area (Å²) >= 11 is 9.94. The van der Waals surface area contributed by atoms with E-state index in [0.717, 1.165) is 27.0 Å². The van der Waals surface area contributed by atoms with E-state index in [4.69, 9.17) is 25.8 Å². The zero-order valence-electron chi connectivity index (χ0n) is 16.9. The number of hydrogen-bond acceptors (Lipinski definition) is 4. The standard InChI is InChI=1S/C24H23BrClNO3/c1-3-28-21-11-9-20(10-12-21)27-15-18-13-22(26)24(23(14-18)29-4-2)30-16-17-5-7-19(25)8-6-17/h5-15H,3-4,16H2,1-2H3. The molecule has 0 heterocycles. The summed E-state index contributed by atoms with van der Waals surface area (Å²) in [7, 11) is 0. The van der Waals surface area contributed by atoms with Gasteiger partial charge in [-0.15, -0.1) is 0 Å². The Morgan fingerprint density at radius 3 is 2.27 bits per heavy atom. The van der Waals surface area contributed by atoms with Gasteiger partial charge in [0.25, 0.3) is 0 Å². The predicted molar refractivity (Wildman–Crippen MR) is 126 cm³/mol. The number of halogens is 2. The van der Waals surface area contributed by atoms with Crippen LogP contribution in [-0.2, 0) is 6.61 Å². The van der Waals surface area contributed by atoms with E-state index in [1.807, 2.05) is 74.5 Å². The molecule has 0 saturated heterocycles. The summed E-state index contributed by atoms with van der Waals surface area (Å²) in [6, 6.07) is 19.2. The average molecular weight is 489 g/mol. The third-order valence-electron chi connectivity index (χ3n) is 4.14. The predicted octanol–water partition coefficient (Wildman–Crippen LogP) is 7.23. The van der Waals surface area contributed by atoms with Gasteiger partial charge in [-0.3, -0.25) is 4.99 Å². The van der Waals surface area contributed by atoms with E-state index in [1.165, 1.54) is 0 Å². The van der Waals surface area contributed by atoms with Gasteiger partial charge in [-0.05, 0) is 73.5 Å². The van der Waals surface area contributed by atoms with E-state index in [1.54, 1.807) is 6.21 Å². The van der Waals surface area contributed by atoms with E-state index in [0.29, 0.717) is 36.3 Å². The van der Waals surface area contributed by atoms with Crippen molar-refractivity contribution in [2.24, 2.45) is 4.99 Å². The molecule has 3 rings (SSSR count). The van der Waals surface area contributed by atoms with Crippen LogP contribution in [-0.4, -0.2) is 19.4 Å². The molecule has 0 amide bonds. The van der Waals surface area contributed by atoms with Gasteiger partial charge < -0.3 is 14.2 Å². The van der Waals surface area contributed by atoms with Crippen molar-refractivity contribution in [3.05, 3.63) is 81.3 Å². The van der Waals surface area contributed by atoms with E-state index in [-0.39, 0.29) is 0 Å². The smallest absolute Gasteiger partial charge is 0.180 e. The highest BCUT2D eigenvalue weighted by Gasteiger charge is 2.12. The lowest BCUT2D eigenvalue weighted by Gasteiger charge is -2.14. The fourth-order valence-electron chi connectivity index (χ4n) is 2.75. The summed E-state index contributed by atoms with van der Waals surface area (Å²) < 4.78 is 18.2. The van der Waals surface area contributed by atoms with Crippen LogP contribution in [0.4, 0.5) is 5.69 Å². The van der Waals surface area contributed by atoms with Crippen molar-refractivity contribution in [3.8, 4) is 17.2 Å². The van der Waals surface area contributed by atoms with Crippen LogP contribution in [0.5, 0.6) is 17.2 Å². The first-order chi connectivity index (χ1) is 14.6. The van der Waals surface area contributed by atoms with Crippen molar-refractivity contribution in [1.29, 1.82) is 0 Å². The van der Waals surface area contributed by atoms with Crippen LogP contribution in [0.3, 0.4) is 0 Å². The monoisotopic (exact) mass is 487 g/mol. The zero-order chi connectivity index (χ0) is 21.3. The number of hydrogen-bond donors (Lipinski definition) is 0. The van der Waals surface area contributed by atoms with Gasteiger partial charge in [-0.25, -0.2) is 0 Å². The lowest BCUT2D eigenvalue weighted by molar-refractivity contribution is 0.269. The number of benzene rings is 3. The van der Waals surface area contributed by atoms with Gasteiger partial charge in [0.15, 0.2) is 11.5 Å². The summed E-state index contributed by atoms with van der Waals surface area (Å²) in [6.45, 7) is 5.42. The molecule has 0 unspecified atom stereocenters. The minimum absolute atomic E-state index is 0.396. The Morgan fingerprint density at radius 2 is 1.60 bits per heavy atom. The fraction of sp³-hybridized carbons (Fsp3) is 0.208. The van der Waals surface area contributed by atoms with Crippen molar-refractivity contribution in [2.75, 3.05) is 13.2 Å². The number of aliphatic imine (C=N–C) groups is 1. The van der Waals surface area contributed by atoms with Crippen molar-refractivity contribution < 1.29 is 14.2 Å². The Balaban J connectivity index is 1.76. The lowest BCUT2D eigenvalue weighted by atomic mass is 10.2. The van der Waals surface area contributed by atoms with Gasteiger partial charge in [-0.2, -0.15) is 0 Å². The molecule has 4 nitrogen and oxygen atoms in total. The molecule has 0 aliphatic heterocycles. The highest BCUT2D eigenvalue weighted by atomic mass is 79.9. The molecule has 0 N–H and O–H groups in total. The van der Waals surface area contributed by atoms with Crippen molar-refractivity contribution in [3.63, 3.8) is 0 Å². The molecule has 0 spiro atoms. The van der Waals surface area contributed by atoms with Gasteiger partial charge in [-0.1, -0.05) is 39.7 Å². The van der Waals surface area contributed by atoms with Gasteiger partial charge in [0, 0.05) is 10.7 Å². The molecule has 3 aromatic rings. The van der Waals surface area contributed by atoms with Crippen LogP contribution in [0.25, 0.3) is 0 Å². The maximum absolute atomic E-state index is 6.51. The summed E-state index contributed by atoms with van der Waals surface area (Å²) in [5.74, 6) is 1.94. The number of rotatable bonds is 9. The summed E-state index contributed by atoms with van der Waals surface area (Å²) in [4.78, 5) is 4.51. The molecule has 30 heavy (non-hydrogen) atoms. The fourth-order valence-corrected chi connectivity index (χ4v) is 3.28. The SMILES string of the molecule is CCOc1ccc(N=Cc2cc(Cl)c(OCc3ccc(Br)cc3)c(OCC)c2)cc1. The molecule has 0 aromatic heterocycles. The van der Waals surface area contributed by atoms with E-state index in [2.05, 4.69) is 20.9 Å². The second-order valence-corrected chi connectivity index (χ2v) is 7.69. The first kappa shape index (κ1) is 22.2. The first-order valence-corrected chi connectivity index (χ1v) is 10.9. The Morgan fingerprint density at radius 1 is 0.900 bits per heavy atom. The van der Waals surface area contributed by atoms with E-state index in [9.17, 15) is 0 Å². The number of ether oxygens (including phenoxy) is 3. The molecular weight excluding hydrogens is 466 g/mol. The minimum Gasteiger partial charge on any atom is -0.494 e. The molecule has 0 radical (unpaired) electrons. The Labute approximate surface area is 190 Å². The Bertz CT molecular complexity index is 989. The van der Waals surface area contributed by atoms with Gasteiger partial charge in [0.2, 0.25) is 0 Å². The molecule has 0 aliphatic rings. The zero-order valence-corrected chi connectivity index (χ0v) is 19.2. The highest BCUT2D eigenvalue weighted by molar-refractivity contribution is 9.10. The molecule has 0 saturated carbocycles. The van der Waals surface area contributed by atoms with Crippen LogP contribution < -0.4 is 14.2 Å². The quantitative estimate of drug-likeness (QED) is 0.298. The van der Waals surface area contributed by atoms with Crippen LogP contribution in [0.15, 0.2) is 70.1 Å². The Hall–Kier alpha value is -2.50. The van der Waals surface area contributed by atoms with Crippen LogP contribution in [0.2, 0.25) is 5.02 Å². The van der Waals surface area contributed by atoms with Crippen molar-refractivity contribution in [1.82, 2.24) is 0 Å². The molecule has 0 bridgehead atoms. The highest BCUT2D eigenvalue weighted by Crippen LogP contribution is 2.37. The second-order valence-electron chi connectivity index (χ2n) is 6.36. The van der Waals surface area contributed by atoms with E-state index < -0.39 is 0 Å². The topological polar surface area (TPSA) is 40.0 Å². The number of nitrogens with zero attached hydrogens (tertiary/aromatic N) is 1. The largest absolute Gasteiger partial charge is 0.494 e. The van der Waals surface area contributed by atoms with Crippen LogP contribution in [0.1, 0.15) is 25.0 Å². The first-order valence-electron chi connectivity index (χ1n) is 9.69. The van der Waals surface area contributed by atoms with Gasteiger partial charge >= 0.3 is 0 Å². The maximum Gasteiger partial charge on any atom is 0.180 e. The molecule has 3 aromatic carbocycles. The third-order valence-corrected chi connectivity index (χ3v) is 4.95. The molecule has 6 heteroatoms. The van der Waals surface area contributed by atoms with Crippen LogP contribution >= 0.6 is 27.5 Å². The normalized spacial score (nSPS) is 10.9. The summed E-state index contributed by atoms with van der Waals surface area (Å²) in [5, 5.41) is 0.478. The van der Waals surface area contributed by atoms with Crippen molar-refractivity contribution >= 4 is 39.4 Å². The van der Waals surface area contributed by atoms with Gasteiger partial charge in [0.05, 0.1) is 23.9 Å². The minimum atomic E-state index is 0.396. The second kappa shape index (κ2) is 11.0. The summed E-state index contributed by atoms with van der Waals surface area (Å²) in [5.41, 5.74) is 2.69. The maximum atomic E-state index is 6.51. The molecule has 0 atom stereocenters. The molecule has 0 fully saturated rings. The van der Waals surface area contributed by atoms with Gasteiger partial charge in [0.1, 0.15) is 12.4 Å². The molecule has 156 valence electrons. The average Bonchev–Trinajstić information content (AvgIpc) is 2.74. The van der Waals surface area contributed by atoms with Crippen molar-refractivity contribution in [2.45, 2.75) is 20.5 Å². The summed E-state index contributed by atoms with van der Waals surface area (Å²) in [6.07, 6.45) is 1.75. The Kier molecular flexibility index (Phi) is 8.17. The third kappa shape index (κ3) is 6.25.